The Labute approximate surface area is 115 Å². The monoisotopic (exact) mass is 257 g/mol. The Bertz CT molecular complexity index is 543. The van der Waals surface area contributed by atoms with Crippen molar-refractivity contribution in [3.05, 3.63) is 52.8 Å². The molecular formula is C16H23N3. The van der Waals surface area contributed by atoms with E-state index in [-0.39, 0.29) is 0 Å². The zero-order chi connectivity index (χ0) is 13.8. The summed E-state index contributed by atoms with van der Waals surface area (Å²) in [5.41, 5.74) is 5.39. The first-order valence-electron chi connectivity index (χ1n) is 6.82. The van der Waals surface area contributed by atoms with Gasteiger partial charge in [-0.1, -0.05) is 23.8 Å². The van der Waals surface area contributed by atoms with E-state index >= 15 is 0 Å². The van der Waals surface area contributed by atoms with Crippen LogP contribution < -0.4 is 5.32 Å². The van der Waals surface area contributed by atoms with E-state index < -0.39 is 0 Å². The van der Waals surface area contributed by atoms with Crippen LogP contribution in [-0.4, -0.2) is 16.8 Å². The second kappa shape index (κ2) is 6.02. The van der Waals surface area contributed by atoms with Gasteiger partial charge in [-0.05, 0) is 50.4 Å². The molecule has 2 rings (SSSR count). The smallest absolute Gasteiger partial charge is 0.0521 e. The van der Waals surface area contributed by atoms with Crippen LogP contribution in [-0.2, 0) is 13.5 Å². The Morgan fingerprint density at radius 3 is 2.74 bits per heavy atom. The summed E-state index contributed by atoms with van der Waals surface area (Å²) in [5, 5.41) is 7.66. The molecule has 0 aliphatic rings. The van der Waals surface area contributed by atoms with E-state index in [0.717, 1.165) is 12.8 Å². The van der Waals surface area contributed by atoms with Gasteiger partial charge in [-0.2, -0.15) is 5.10 Å². The maximum Gasteiger partial charge on any atom is 0.0521 e. The van der Waals surface area contributed by atoms with Gasteiger partial charge < -0.3 is 5.32 Å². The molecular weight excluding hydrogens is 234 g/mol. The molecule has 1 heterocycles. The Morgan fingerprint density at radius 1 is 1.32 bits per heavy atom. The van der Waals surface area contributed by atoms with E-state index in [0.29, 0.717) is 6.04 Å². The molecule has 1 N–H and O–H groups in total. The van der Waals surface area contributed by atoms with Gasteiger partial charge in [0.2, 0.25) is 0 Å². The highest BCUT2D eigenvalue weighted by Crippen LogP contribution is 2.23. The fraction of sp³-hybridized carbons (Fsp3) is 0.438. The summed E-state index contributed by atoms with van der Waals surface area (Å²) in [6.07, 6.45) is 6.19. The molecule has 0 bridgehead atoms. The van der Waals surface area contributed by atoms with E-state index in [1.165, 1.54) is 22.3 Å². The first-order valence-corrected chi connectivity index (χ1v) is 6.82. The minimum Gasteiger partial charge on any atom is -0.313 e. The molecule has 0 saturated carbocycles. The molecule has 0 fully saturated rings. The van der Waals surface area contributed by atoms with Crippen molar-refractivity contribution in [2.24, 2.45) is 7.05 Å². The first kappa shape index (κ1) is 13.8. The van der Waals surface area contributed by atoms with Crippen molar-refractivity contribution in [1.82, 2.24) is 15.1 Å². The fourth-order valence-corrected chi connectivity index (χ4v) is 2.50. The molecule has 1 atom stereocenters. The van der Waals surface area contributed by atoms with E-state index in [1.54, 1.807) is 0 Å². The Hall–Kier alpha value is -1.61. The van der Waals surface area contributed by atoms with Crippen molar-refractivity contribution >= 4 is 0 Å². The van der Waals surface area contributed by atoms with E-state index in [1.807, 2.05) is 25.0 Å². The van der Waals surface area contributed by atoms with Gasteiger partial charge in [0.1, 0.15) is 0 Å². The first-order chi connectivity index (χ1) is 9.10. The molecule has 0 amide bonds. The van der Waals surface area contributed by atoms with E-state index in [9.17, 15) is 0 Å². The topological polar surface area (TPSA) is 29.9 Å². The molecule has 0 aliphatic carbocycles. The molecule has 0 aliphatic heterocycles. The van der Waals surface area contributed by atoms with Crippen molar-refractivity contribution in [3.63, 3.8) is 0 Å². The summed E-state index contributed by atoms with van der Waals surface area (Å²) < 4.78 is 1.86. The van der Waals surface area contributed by atoms with E-state index in [2.05, 4.69) is 48.7 Å². The van der Waals surface area contributed by atoms with Crippen LogP contribution in [0.15, 0.2) is 30.6 Å². The summed E-state index contributed by atoms with van der Waals surface area (Å²) in [4.78, 5) is 0. The minimum absolute atomic E-state index is 0.403. The lowest BCUT2D eigenvalue weighted by atomic mass is 9.95. The van der Waals surface area contributed by atoms with Crippen LogP contribution in [0.2, 0.25) is 0 Å². The molecule has 102 valence electrons. The number of aromatic nitrogens is 2. The molecule has 1 aromatic carbocycles. The van der Waals surface area contributed by atoms with Gasteiger partial charge in [0.25, 0.3) is 0 Å². The quantitative estimate of drug-likeness (QED) is 0.892. The van der Waals surface area contributed by atoms with Gasteiger partial charge in [0.15, 0.2) is 0 Å². The van der Waals surface area contributed by atoms with Crippen LogP contribution >= 0.6 is 0 Å². The fourth-order valence-electron chi connectivity index (χ4n) is 2.50. The Kier molecular flexibility index (Phi) is 4.38. The molecule has 3 nitrogen and oxygen atoms in total. The standard InChI is InChI=1S/C16H23N3/c1-12-5-6-13(2)15(9-12)16(17-3)8-7-14-10-18-19(4)11-14/h5-6,9-11,16-17H,7-8H2,1-4H3. The molecule has 1 unspecified atom stereocenters. The van der Waals surface area contributed by atoms with Gasteiger partial charge in [-0.15, -0.1) is 0 Å². The van der Waals surface area contributed by atoms with Crippen molar-refractivity contribution < 1.29 is 0 Å². The van der Waals surface area contributed by atoms with Crippen molar-refractivity contribution in [3.8, 4) is 0 Å². The second-order valence-corrected chi connectivity index (χ2v) is 5.26. The highest BCUT2D eigenvalue weighted by molar-refractivity contribution is 5.33. The van der Waals surface area contributed by atoms with Crippen molar-refractivity contribution in [2.75, 3.05) is 7.05 Å². The molecule has 1 aromatic heterocycles. The van der Waals surface area contributed by atoms with Crippen molar-refractivity contribution in [1.29, 1.82) is 0 Å². The largest absolute Gasteiger partial charge is 0.313 e. The SMILES string of the molecule is CNC(CCc1cnn(C)c1)c1cc(C)ccc1C. The molecule has 2 aromatic rings. The van der Waals surface area contributed by atoms with Crippen LogP contribution in [0.5, 0.6) is 0 Å². The molecule has 0 radical (unpaired) electrons. The summed E-state index contributed by atoms with van der Waals surface area (Å²) in [7, 11) is 4.00. The average molecular weight is 257 g/mol. The minimum atomic E-state index is 0.403. The highest BCUT2D eigenvalue weighted by Gasteiger charge is 2.12. The van der Waals surface area contributed by atoms with Gasteiger partial charge in [0.05, 0.1) is 6.20 Å². The normalized spacial score (nSPS) is 12.6. The van der Waals surface area contributed by atoms with Gasteiger partial charge in [-0.25, -0.2) is 0 Å². The number of nitrogens with one attached hydrogen (secondary N) is 1. The number of nitrogens with zero attached hydrogens (tertiary/aromatic N) is 2. The zero-order valence-electron chi connectivity index (χ0n) is 12.3. The lowest BCUT2D eigenvalue weighted by molar-refractivity contribution is 0.546. The Morgan fingerprint density at radius 2 is 2.11 bits per heavy atom. The summed E-state index contributed by atoms with van der Waals surface area (Å²) >= 11 is 0. The number of hydrogen-bond donors (Lipinski definition) is 1. The maximum absolute atomic E-state index is 4.22. The van der Waals surface area contributed by atoms with Gasteiger partial charge >= 0.3 is 0 Å². The predicted octanol–water partition coefficient (Wildman–Crippen LogP) is 2.93. The number of rotatable bonds is 5. The average Bonchev–Trinajstić information content (AvgIpc) is 2.80. The molecule has 3 heteroatoms. The van der Waals surface area contributed by atoms with Crippen LogP contribution in [0.3, 0.4) is 0 Å². The van der Waals surface area contributed by atoms with Gasteiger partial charge in [-0.3, -0.25) is 4.68 Å². The third-order valence-corrected chi connectivity index (χ3v) is 3.64. The van der Waals surface area contributed by atoms with Crippen LogP contribution in [0, 0.1) is 13.8 Å². The summed E-state index contributed by atoms with van der Waals surface area (Å²) in [5.74, 6) is 0. The van der Waals surface area contributed by atoms with E-state index in [4.69, 9.17) is 0 Å². The van der Waals surface area contributed by atoms with Crippen molar-refractivity contribution in [2.45, 2.75) is 32.7 Å². The summed E-state index contributed by atoms with van der Waals surface area (Å²) in [6.45, 7) is 4.33. The zero-order valence-corrected chi connectivity index (χ0v) is 12.3. The molecule has 19 heavy (non-hydrogen) atoms. The molecule has 0 spiro atoms. The second-order valence-electron chi connectivity index (χ2n) is 5.26. The lowest BCUT2D eigenvalue weighted by Crippen LogP contribution is -2.18. The van der Waals surface area contributed by atoms with Crippen LogP contribution in [0.1, 0.15) is 34.7 Å². The highest BCUT2D eigenvalue weighted by atomic mass is 15.2. The van der Waals surface area contributed by atoms with Gasteiger partial charge in [0, 0.05) is 19.3 Å². The lowest BCUT2D eigenvalue weighted by Gasteiger charge is -2.19. The molecule has 0 saturated heterocycles. The Balaban J connectivity index is 2.09. The van der Waals surface area contributed by atoms with Crippen LogP contribution in [0.4, 0.5) is 0 Å². The third-order valence-electron chi connectivity index (χ3n) is 3.64. The predicted molar refractivity (Wildman–Crippen MR) is 79.2 cm³/mol. The number of hydrogen-bond acceptors (Lipinski definition) is 2. The maximum atomic E-state index is 4.22. The third kappa shape index (κ3) is 3.44. The number of benzene rings is 1. The number of aryl methyl sites for hydroxylation is 4. The van der Waals surface area contributed by atoms with Crippen LogP contribution in [0.25, 0.3) is 0 Å². The summed E-state index contributed by atoms with van der Waals surface area (Å²) in [6, 6.07) is 7.07.